The predicted molar refractivity (Wildman–Crippen MR) is 104 cm³/mol. The van der Waals surface area contributed by atoms with Crippen LogP contribution < -0.4 is 10.1 Å². The molecule has 0 aliphatic carbocycles. The van der Waals surface area contributed by atoms with Gasteiger partial charge in [0.05, 0.1) is 24.1 Å². The highest BCUT2D eigenvalue weighted by Crippen LogP contribution is 2.31. The molecule has 0 spiro atoms. The van der Waals surface area contributed by atoms with E-state index in [9.17, 15) is 9.59 Å². The van der Waals surface area contributed by atoms with E-state index in [0.717, 1.165) is 11.4 Å². The summed E-state index contributed by atoms with van der Waals surface area (Å²) in [5.74, 6) is 0.384. The zero-order chi connectivity index (χ0) is 18.8. The monoisotopic (exact) mass is 398 g/mol. The van der Waals surface area contributed by atoms with E-state index in [0.29, 0.717) is 20.6 Å². The van der Waals surface area contributed by atoms with E-state index in [-0.39, 0.29) is 17.7 Å². The fraction of sp³-hybridized carbons (Fsp3) is 0.111. The van der Waals surface area contributed by atoms with Gasteiger partial charge < -0.3 is 10.1 Å². The Balaban J connectivity index is 1.40. The number of benzene rings is 2. The number of fused-ring (bicyclic) bond motifs is 1. The van der Waals surface area contributed by atoms with Crippen LogP contribution in [0.4, 0.5) is 10.8 Å². The first-order chi connectivity index (χ1) is 13.2. The molecule has 0 saturated heterocycles. The molecule has 2 heterocycles. The molecule has 0 atom stereocenters. The van der Waals surface area contributed by atoms with Crippen LogP contribution in [0.5, 0.6) is 5.75 Å². The number of carbonyl (C=O) groups excluding carboxylic acids is 2. The summed E-state index contributed by atoms with van der Waals surface area (Å²) in [6.45, 7) is 0. The number of thioether (sulfide) groups is 1. The number of nitrogens with one attached hydrogen (secondary N) is 1. The summed E-state index contributed by atoms with van der Waals surface area (Å²) in [6, 6.07) is 14.3. The van der Waals surface area contributed by atoms with Crippen LogP contribution >= 0.6 is 23.1 Å². The van der Waals surface area contributed by atoms with E-state index < -0.39 is 0 Å². The van der Waals surface area contributed by atoms with E-state index in [2.05, 4.69) is 15.5 Å². The minimum atomic E-state index is -0.276. The van der Waals surface area contributed by atoms with Crippen LogP contribution in [0.1, 0.15) is 20.7 Å². The van der Waals surface area contributed by atoms with Crippen molar-refractivity contribution >= 4 is 45.7 Å². The number of aromatic nitrogens is 2. The van der Waals surface area contributed by atoms with E-state index in [1.807, 2.05) is 24.3 Å². The van der Waals surface area contributed by atoms with Crippen LogP contribution in [0, 0.1) is 0 Å². The third kappa shape index (κ3) is 3.51. The summed E-state index contributed by atoms with van der Waals surface area (Å²) < 4.78 is 5.86. The Labute approximate surface area is 163 Å². The summed E-state index contributed by atoms with van der Waals surface area (Å²) in [5.41, 5.74) is 1.73. The topological polar surface area (TPSA) is 84.4 Å². The Bertz CT molecular complexity index is 986. The SMILES string of the molecule is COc1cccc(Nc2nnc(SCN3C(=O)c4ccccc4C3=O)s2)c1. The van der Waals surface area contributed by atoms with Crippen LogP contribution in [-0.2, 0) is 0 Å². The Morgan fingerprint density at radius 2 is 1.81 bits per heavy atom. The molecule has 1 aliphatic rings. The first kappa shape index (κ1) is 17.5. The van der Waals surface area contributed by atoms with E-state index in [1.165, 1.54) is 28.0 Å². The first-order valence-corrected chi connectivity index (χ1v) is 9.78. The van der Waals surface area contributed by atoms with Crippen LogP contribution in [-0.4, -0.2) is 39.9 Å². The van der Waals surface area contributed by atoms with Gasteiger partial charge in [0.15, 0.2) is 4.34 Å². The zero-order valence-corrected chi connectivity index (χ0v) is 15.8. The van der Waals surface area contributed by atoms with Crippen LogP contribution in [0.15, 0.2) is 52.9 Å². The Kier molecular flexibility index (Phi) is 4.78. The van der Waals surface area contributed by atoms with Crippen molar-refractivity contribution in [3.63, 3.8) is 0 Å². The third-order valence-corrected chi connectivity index (χ3v) is 5.88. The molecule has 9 heteroatoms. The van der Waals surface area contributed by atoms with Gasteiger partial charge in [-0.05, 0) is 24.3 Å². The summed E-state index contributed by atoms with van der Waals surface area (Å²) in [7, 11) is 1.61. The molecular weight excluding hydrogens is 384 g/mol. The highest BCUT2D eigenvalue weighted by Gasteiger charge is 2.35. The number of methoxy groups -OCH3 is 1. The molecule has 0 unspecified atom stereocenters. The average molecular weight is 398 g/mol. The van der Waals surface area contributed by atoms with Gasteiger partial charge in [-0.25, -0.2) is 0 Å². The molecule has 1 N–H and O–H groups in total. The molecule has 0 saturated carbocycles. The molecule has 136 valence electrons. The molecule has 2 amide bonds. The Morgan fingerprint density at radius 3 is 2.52 bits per heavy atom. The summed E-state index contributed by atoms with van der Waals surface area (Å²) in [4.78, 5) is 26.0. The quantitative estimate of drug-likeness (QED) is 0.501. The maximum Gasteiger partial charge on any atom is 0.262 e. The number of imide groups is 1. The molecular formula is C18H14N4O3S2. The van der Waals surface area contributed by atoms with Gasteiger partial charge >= 0.3 is 0 Å². The lowest BCUT2D eigenvalue weighted by Gasteiger charge is -2.11. The third-order valence-electron chi connectivity index (χ3n) is 3.92. The second-order valence-electron chi connectivity index (χ2n) is 5.59. The average Bonchev–Trinajstić information content (AvgIpc) is 3.24. The van der Waals surface area contributed by atoms with Crippen molar-refractivity contribution in [1.82, 2.24) is 15.1 Å². The van der Waals surface area contributed by atoms with Gasteiger partial charge in [0.25, 0.3) is 11.8 Å². The van der Waals surface area contributed by atoms with Crippen LogP contribution in [0.2, 0.25) is 0 Å². The lowest BCUT2D eigenvalue weighted by molar-refractivity contribution is 0.0684. The molecule has 2 aromatic carbocycles. The maximum absolute atomic E-state index is 12.4. The van der Waals surface area contributed by atoms with E-state index in [4.69, 9.17) is 4.74 Å². The summed E-state index contributed by atoms with van der Waals surface area (Å²) >= 11 is 2.65. The predicted octanol–water partition coefficient (Wildman–Crippen LogP) is 3.64. The van der Waals surface area contributed by atoms with Crippen LogP contribution in [0.3, 0.4) is 0 Å². The summed E-state index contributed by atoms with van der Waals surface area (Å²) in [5, 5.41) is 12.0. The molecule has 27 heavy (non-hydrogen) atoms. The maximum atomic E-state index is 12.4. The van der Waals surface area contributed by atoms with E-state index in [1.54, 1.807) is 31.4 Å². The number of nitrogens with zero attached hydrogens (tertiary/aromatic N) is 3. The van der Waals surface area contributed by atoms with Gasteiger partial charge in [0.1, 0.15) is 5.75 Å². The highest BCUT2D eigenvalue weighted by molar-refractivity contribution is 8.01. The molecule has 1 aliphatic heterocycles. The van der Waals surface area contributed by atoms with E-state index >= 15 is 0 Å². The van der Waals surface area contributed by atoms with Gasteiger partial charge in [-0.2, -0.15) is 0 Å². The number of ether oxygens (including phenoxy) is 1. The molecule has 7 nitrogen and oxygen atoms in total. The highest BCUT2D eigenvalue weighted by atomic mass is 32.2. The second kappa shape index (κ2) is 7.37. The Hall–Kier alpha value is -2.91. The molecule has 4 rings (SSSR count). The minimum Gasteiger partial charge on any atom is -0.497 e. The van der Waals surface area contributed by atoms with Gasteiger partial charge in [-0.15, -0.1) is 10.2 Å². The van der Waals surface area contributed by atoms with Gasteiger partial charge in [0, 0.05) is 11.8 Å². The fourth-order valence-electron chi connectivity index (χ4n) is 2.62. The van der Waals surface area contributed by atoms with Crippen molar-refractivity contribution in [1.29, 1.82) is 0 Å². The lowest BCUT2D eigenvalue weighted by Crippen LogP contribution is -2.29. The number of hydrogen-bond donors (Lipinski definition) is 1. The van der Waals surface area contributed by atoms with Crippen molar-refractivity contribution in [2.24, 2.45) is 0 Å². The number of hydrogen-bond acceptors (Lipinski definition) is 8. The van der Waals surface area contributed by atoms with Crippen molar-refractivity contribution in [3.05, 3.63) is 59.7 Å². The minimum absolute atomic E-state index is 0.195. The lowest BCUT2D eigenvalue weighted by atomic mass is 10.1. The van der Waals surface area contributed by atoms with Crippen molar-refractivity contribution in [3.8, 4) is 5.75 Å². The second-order valence-corrected chi connectivity index (χ2v) is 7.76. The van der Waals surface area contributed by atoms with Gasteiger partial charge in [-0.1, -0.05) is 41.3 Å². The molecule has 0 bridgehead atoms. The normalized spacial score (nSPS) is 13.0. The number of amides is 2. The van der Waals surface area contributed by atoms with Crippen molar-refractivity contribution in [2.45, 2.75) is 4.34 Å². The van der Waals surface area contributed by atoms with Gasteiger partial charge in [0.2, 0.25) is 5.13 Å². The summed E-state index contributed by atoms with van der Waals surface area (Å²) in [6.07, 6.45) is 0. The molecule has 3 aromatic rings. The molecule has 0 radical (unpaired) electrons. The zero-order valence-electron chi connectivity index (χ0n) is 14.2. The fourth-order valence-corrected chi connectivity index (χ4v) is 4.32. The number of carbonyl (C=O) groups is 2. The van der Waals surface area contributed by atoms with Crippen molar-refractivity contribution < 1.29 is 14.3 Å². The van der Waals surface area contributed by atoms with Gasteiger partial charge in [-0.3, -0.25) is 14.5 Å². The molecule has 1 aromatic heterocycles. The van der Waals surface area contributed by atoms with Crippen LogP contribution in [0.25, 0.3) is 0 Å². The largest absolute Gasteiger partial charge is 0.497 e. The molecule has 0 fully saturated rings. The number of rotatable bonds is 6. The van der Waals surface area contributed by atoms with Crippen molar-refractivity contribution in [2.75, 3.05) is 18.3 Å². The smallest absolute Gasteiger partial charge is 0.262 e. The Morgan fingerprint density at radius 1 is 1.07 bits per heavy atom. The first-order valence-electron chi connectivity index (χ1n) is 7.98. The number of anilines is 2. The standard InChI is InChI=1S/C18H14N4O3S2/c1-25-12-6-4-5-11(9-12)19-17-20-21-18(27-17)26-10-22-15(23)13-7-2-3-8-14(13)16(22)24/h2-9H,10H2,1H3,(H,19,20).